The molecule has 6 nitrogen and oxygen atoms in total. The Morgan fingerprint density at radius 1 is 1.32 bits per heavy atom. The van der Waals surface area contributed by atoms with Gasteiger partial charge in [-0.2, -0.15) is 5.10 Å². The summed E-state index contributed by atoms with van der Waals surface area (Å²) in [6.45, 7) is 2.11. The molecule has 3 aromatic rings. The van der Waals surface area contributed by atoms with Crippen LogP contribution in [-0.4, -0.2) is 32.9 Å². The van der Waals surface area contributed by atoms with Crippen LogP contribution in [0.15, 0.2) is 42.0 Å². The van der Waals surface area contributed by atoms with Crippen LogP contribution >= 0.6 is 11.3 Å². The van der Waals surface area contributed by atoms with Gasteiger partial charge in [0.2, 0.25) is 11.0 Å². The Kier molecular flexibility index (Phi) is 3.97. The number of benzene rings is 1. The maximum Gasteiger partial charge on any atom is 0.250 e. The van der Waals surface area contributed by atoms with E-state index < -0.39 is 0 Å². The summed E-state index contributed by atoms with van der Waals surface area (Å²) in [6.07, 6.45) is 1.90. The zero-order valence-corrected chi connectivity index (χ0v) is 13.1. The second kappa shape index (κ2) is 6.07. The minimum Gasteiger partial charge on any atom is -0.288 e. The highest BCUT2D eigenvalue weighted by atomic mass is 32.1. The normalized spacial score (nSPS) is 10.6. The van der Waals surface area contributed by atoms with E-state index in [4.69, 9.17) is 0 Å². The van der Waals surface area contributed by atoms with Gasteiger partial charge in [0.05, 0.1) is 5.69 Å². The summed E-state index contributed by atoms with van der Waals surface area (Å²) >= 11 is 1.33. The van der Waals surface area contributed by atoms with Crippen molar-refractivity contribution in [3.8, 4) is 11.1 Å². The van der Waals surface area contributed by atoms with Gasteiger partial charge in [-0.3, -0.25) is 14.4 Å². The van der Waals surface area contributed by atoms with Crippen molar-refractivity contribution in [2.45, 2.75) is 13.5 Å². The van der Waals surface area contributed by atoms with Crippen LogP contribution in [0.3, 0.4) is 0 Å². The van der Waals surface area contributed by atoms with Crippen LogP contribution in [-0.2, 0) is 11.3 Å². The molecule has 0 saturated heterocycles. The Morgan fingerprint density at radius 2 is 2.09 bits per heavy atom. The lowest BCUT2D eigenvalue weighted by molar-refractivity contribution is -0.119. The Hall–Kier alpha value is -2.54. The summed E-state index contributed by atoms with van der Waals surface area (Å²) in [5.41, 5.74) is 4.63. The monoisotopic (exact) mass is 313 g/mol. The maximum atomic E-state index is 12.3. The van der Waals surface area contributed by atoms with E-state index >= 15 is 0 Å². The molecular formula is C15H15N5OS. The topological polar surface area (TPSA) is 63.9 Å². The molecule has 112 valence electrons. The third kappa shape index (κ3) is 2.89. The van der Waals surface area contributed by atoms with Gasteiger partial charge in [0, 0.05) is 18.8 Å². The molecule has 7 heteroatoms. The fourth-order valence-corrected chi connectivity index (χ4v) is 2.71. The highest BCUT2D eigenvalue weighted by Gasteiger charge is 2.16. The standard InChI is InChI=1S/C15H15N5OS/c1-11-13(12-6-4-3-5-7-12)8-20(18-11)9-14(21)19(2)15-17-16-10-22-15/h3-8,10H,9H2,1-2H3. The van der Waals surface area contributed by atoms with Crippen molar-refractivity contribution in [1.29, 1.82) is 0 Å². The Morgan fingerprint density at radius 3 is 2.77 bits per heavy atom. The highest BCUT2D eigenvalue weighted by molar-refractivity contribution is 7.13. The van der Waals surface area contributed by atoms with E-state index in [0.29, 0.717) is 5.13 Å². The van der Waals surface area contributed by atoms with Crippen molar-refractivity contribution in [2.75, 3.05) is 11.9 Å². The number of likely N-dealkylation sites (N-methyl/N-ethyl adjacent to an activating group) is 1. The number of hydrogen-bond donors (Lipinski definition) is 0. The predicted octanol–water partition coefficient (Wildman–Crippen LogP) is 2.37. The SMILES string of the molecule is Cc1nn(CC(=O)N(C)c2nncs2)cc1-c1ccccc1. The zero-order chi connectivity index (χ0) is 15.5. The Balaban J connectivity index is 1.78. The van der Waals surface area contributed by atoms with E-state index in [-0.39, 0.29) is 12.5 Å². The number of hydrogen-bond acceptors (Lipinski definition) is 5. The second-order valence-corrected chi connectivity index (χ2v) is 5.68. The van der Waals surface area contributed by atoms with Crippen LogP contribution in [0.25, 0.3) is 11.1 Å². The Labute approximate surface area is 132 Å². The van der Waals surface area contributed by atoms with Crippen LogP contribution in [0, 0.1) is 6.92 Å². The molecule has 2 heterocycles. The quantitative estimate of drug-likeness (QED) is 0.742. The minimum atomic E-state index is -0.0844. The molecule has 0 bridgehead atoms. The van der Waals surface area contributed by atoms with E-state index in [9.17, 15) is 4.79 Å². The second-order valence-electron chi connectivity index (χ2n) is 4.87. The molecule has 0 atom stereocenters. The van der Waals surface area contributed by atoms with E-state index in [0.717, 1.165) is 16.8 Å². The van der Waals surface area contributed by atoms with Gasteiger partial charge in [-0.05, 0) is 12.5 Å². The van der Waals surface area contributed by atoms with E-state index in [1.54, 1.807) is 17.2 Å². The largest absolute Gasteiger partial charge is 0.288 e. The molecule has 1 aromatic carbocycles. The molecule has 0 spiro atoms. The number of aryl methyl sites for hydroxylation is 1. The van der Waals surface area contributed by atoms with Crippen molar-refractivity contribution >= 4 is 22.4 Å². The summed E-state index contributed by atoms with van der Waals surface area (Å²) in [6, 6.07) is 10.0. The number of aromatic nitrogens is 4. The van der Waals surface area contributed by atoms with Gasteiger partial charge in [0.1, 0.15) is 12.1 Å². The highest BCUT2D eigenvalue weighted by Crippen LogP contribution is 2.22. The Bertz CT molecular complexity index is 767. The number of anilines is 1. The van der Waals surface area contributed by atoms with Crippen LogP contribution < -0.4 is 4.90 Å². The van der Waals surface area contributed by atoms with E-state index in [2.05, 4.69) is 15.3 Å². The van der Waals surface area contributed by atoms with Crippen molar-refractivity contribution in [2.24, 2.45) is 0 Å². The third-order valence-corrected chi connectivity index (χ3v) is 4.10. The smallest absolute Gasteiger partial charge is 0.250 e. The van der Waals surface area contributed by atoms with Gasteiger partial charge < -0.3 is 0 Å². The summed E-state index contributed by atoms with van der Waals surface area (Å²) in [5.74, 6) is -0.0844. The van der Waals surface area contributed by atoms with Crippen LogP contribution in [0.5, 0.6) is 0 Å². The van der Waals surface area contributed by atoms with Crippen LogP contribution in [0.1, 0.15) is 5.69 Å². The van der Waals surface area contributed by atoms with Gasteiger partial charge in [-0.15, -0.1) is 10.2 Å². The molecular weight excluding hydrogens is 298 g/mol. The van der Waals surface area contributed by atoms with Crippen molar-refractivity contribution < 1.29 is 4.79 Å². The van der Waals surface area contributed by atoms with Crippen molar-refractivity contribution in [1.82, 2.24) is 20.0 Å². The summed E-state index contributed by atoms with van der Waals surface area (Å²) in [7, 11) is 1.69. The molecule has 0 saturated carbocycles. The first-order chi connectivity index (χ1) is 10.6. The first-order valence-electron chi connectivity index (χ1n) is 6.77. The average molecular weight is 313 g/mol. The number of nitrogens with zero attached hydrogens (tertiary/aromatic N) is 5. The number of rotatable bonds is 4. The molecule has 0 aliphatic rings. The summed E-state index contributed by atoms with van der Waals surface area (Å²) < 4.78 is 1.66. The molecule has 0 N–H and O–H groups in total. The van der Waals surface area contributed by atoms with Crippen LogP contribution in [0.4, 0.5) is 5.13 Å². The molecule has 0 radical (unpaired) electrons. The average Bonchev–Trinajstić information content (AvgIpc) is 3.17. The summed E-state index contributed by atoms with van der Waals surface area (Å²) in [5, 5.41) is 12.6. The predicted molar refractivity (Wildman–Crippen MR) is 85.7 cm³/mol. The molecule has 0 aliphatic heterocycles. The maximum absolute atomic E-state index is 12.3. The lowest BCUT2D eigenvalue weighted by Crippen LogP contribution is -2.30. The summed E-state index contributed by atoms with van der Waals surface area (Å²) in [4.78, 5) is 13.8. The molecule has 1 amide bonds. The lowest BCUT2D eigenvalue weighted by Gasteiger charge is -2.12. The molecule has 3 rings (SSSR count). The first kappa shape index (κ1) is 14.4. The number of amides is 1. The van der Waals surface area contributed by atoms with Gasteiger partial charge in [-0.1, -0.05) is 41.7 Å². The molecule has 22 heavy (non-hydrogen) atoms. The minimum absolute atomic E-state index is 0.0844. The lowest BCUT2D eigenvalue weighted by atomic mass is 10.1. The first-order valence-corrected chi connectivity index (χ1v) is 7.65. The molecule has 0 fully saturated rings. The fraction of sp³-hybridized carbons (Fsp3) is 0.200. The van der Waals surface area contributed by atoms with Gasteiger partial charge in [0.15, 0.2) is 0 Å². The number of carbonyl (C=O) groups excluding carboxylic acids is 1. The van der Waals surface area contributed by atoms with Crippen molar-refractivity contribution in [3.63, 3.8) is 0 Å². The van der Waals surface area contributed by atoms with Crippen LogP contribution in [0.2, 0.25) is 0 Å². The van der Waals surface area contributed by atoms with Crippen molar-refractivity contribution in [3.05, 3.63) is 47.7 Å². The third-order valence-electron chi connectivity index (χ3n) is 3.34. The van der Waals surface area contributed by atoms with E-state index in [1.165, 1.54) is 16.2 Å². The van der Waals surface area contributed by atoms with Gasteiger partial charge in [0.25, 0.3) is 0 Å². The van der Waals surface area contributed by atoms with Gasteiger partial charge in [-0.25, -0.2) is 0 Å². The fourth-order valence-electron chi connectivity index (χ4n) is 2.16. The zero-order valence-electron chi connectivity index (χ0n) is 12.3. The molecule has 2 aromatic heterocycles. The van der Waals surface area contributed by atoms with E-state index in [1.807, 2.05) is 43.5 Å². The van der Waals surface area contributed by atoms with Gasteiger partial charge >= 0.3 is 0 Å². The molecule has 0 aliphatic carbocycles. The number of carbonyl (C=O) groups is 1. The molecule has 0 unspecified atom stereocenters.